The Kier molecular flexibility index (Phi) is 4.73. The van der Waals surface area contributed by atoms with Crippen LogP contribution in [0.3, 0.4) is 0 Å². The Bertz CT molecular complexity index is 590. The van der Waals surface area contributed by atoms with Gasteiger partial charge in [0.05, 0.1) is 5.54 Å². The van der Waals surface area contributed by atoms with Gasteiger partial charge in [0.2, 0.25) is 0 Å². The molecule has 5 heteroatoms. The summed E-state index contributed by atoms with van der Waals surface area (Å²) in [6.07, 6.45) is 6.36. The Hall–Kier alpha value is -1.36. The Balaban J connectivity index is 1.75. The van der Waals surface area contributed by atoms with Crippen LogP contribution < -0.4 is 0 Å². The first-order valence-electron chi connectivity index (χ1n) is 9.29. The quantitative estimate of drug-likeness (QED) is 0.921. The molecule has 0 atom stereocenters. The fourth-order valence-electron chi connectivity index (χ4n) is 3.77. The van der Waals surface area contributed by atoms with E-state index >= 15 is 0 Å². The lowest BCUT2D eigenvalue weighted by Gasteiger charge is -2.33. The predicted molar refractivity (Wildman–Crippen MR) is 94.1 cm³/mol. The first-order valence-corrected chi connectivity index (χ1v) is 9.29. The molecule has 2 aliphatic rings. The standard InChI is InChI=1S/C19H31N3O2/c1-19(2,3)22-17(14-7-8-14)11-16(20-22)18(24)21(4)15-9-5-13(12-23)6-10-15/h11,13-15,23H,5-10,12H2,1-4H3. The number of rotatable bonds is 4. The number of aliphatic hydroxyl groups is 1. The molecule has 1 amide bonds. The van der Waals surface area contributed by atoms with Gasteiger partial charge in [0.25, 0.3) is 5.91 Å². The fraction of sp³-hybridized carbons (Fsp3) is 0.789. The fourth-order valence-corrected chi connectivity index (χ4v) is 3.77. The van der Waals surface area contributed by atoms with Crippen LogP contribution in [0.1, 0.15) is 81.4 Å². The molecule has 0 radical (unpaired) electrons. The van der Waals surface area contributed by atoms with Crippen LogP contribution >= 0.6 is 0 Å². The minimum atomic E-state index is -0.103. The van der Waals surface area contributed by atoms with Crippen LogP contribution in [0, 0.1) is 5.92 Å². The lowest BCUT2D eigenvalue weighted by molar-refractivity contribution is 0.0645. The smallest absolute Gasteiger partial charge is 0.274 e. The van der Waals surface area contributed by atoms with Gasteiger partial charge >= 0.3 is 0 Å². The van der Waals surface area contributed by atoms with Crippen LogP contribution in [-0.2, 0) is 5.54 Å². The summed E-state index contributed by atoms with van der Waals surface area (Å²) in [5, 5.41) is 14.0. The summed E-state index contributed by atoms with van der Waals surface area (Å²) in [6.45, 7) is 6.69. The molecule has 134 valence electrons. The van der Waals surface area contributed by atoms with E-state index in [4.69, 9.17) is 0 Å². The van der Waals surface area contributed by atoms with E-state index in [1.54, 1.807) is 0 Å². The molecule has 1 aromatic heterocycles. The van der Waals surface area contributed by atoms with Crippen molar-refractivity contribution in [3.63, 3.8) is 0 Å². The monoisotopic (exact) mass is 333 g/mol. The zero-order chi connectivity index (χ0) is 17.5. The average Bonchev–Trinajstić information content (AvgIpc) is 3.30. The van der Waals surface area contributed by atoms with Crippen molar-refractivity contribution in [2.24, 2.45) is 5.92 Å². The highest BCUT2D eigenvalue weighted by Crippen LogP contribution is 2.42. The van der Waals surface area contributed by atoms with E-state index < -0.39 is 0 Å². The zero-order valence-electron chi connectivity index (χ0n) is 15.5. The topological polar surface area (TPSA) is 58.4 Å². The third kappa shape index (κ3) is 3.51. The summed E-state index contributed by atoms with van der Waals surface area (Å²) >= 11 is 0. The molecule has 1 aromatic rings. The number of aromatic nitrogens is 2. The van der Waals surface area contributed by atoms with Crippen molar-refractivity contribution in [3.05, 3.63) is 17.5 Å². The summed E-state index contributed by atoms with van der Waals surface area (Å²) in [6, 6.07) is 2.28. The second kappa shape index (κ2) is 6.51. The Morgan fingerprint density at radius 2 is 1.88 bits per heavy atom. The van der Waals surface area contributed by atoms with Crippen molar-refractivity contribution in [3.8, 4) is 0 Å². The van der Waals surface area contributed by atoms with E-state index in [1.165, 1.54) is 18.5 Å². The highest BCUT2D eigenvalue weighted by Gasteiger charge is 2.34. The van der Waals surface area contributed by atoms with Gasteiger partial charge in [0.15, 0.2) is 5.69 Å². The van der Waals surface area contributed by atoms with Gasteiger partial charge in [-0.1, -0.05) is 0 Å². The number of aliphatic hydroxyl groups excluding tert-OH is 1. The molecular weight excluding hydrogens is 302 g/mol. The molecule has 24 heavy (non-hydrogen) atoms. The maximum Gasteiger partial charge on any atom is 0.274 e. The third-order valence-corrected chi connectivity index (χ3v) is 5.53. The first-order chi connectivity index (χ1) is 11.3. The average molecular weight is 333 g/mol. The van der Waals surface area contributed by atoms with Crippen LogP contribution in [0.2, 0.25) is 0 Å². The van der Waals surface area contributed by atoms with Crippen LogP contribution in [0.15, 0.2) is 6.07 Å². The van der Waals surface area contributed by atoms with Crippen LogP contribution in [0.5, 0.6) is 0 Å². The summed E-state index contributed by atoms with van der Waals surface area (Å²) < 4.78 is 2.05. The van der Waals surface area contributed by atoms with Crippen LogP contribution in [-0.4, -0.2) is 45.4 Å². The molecule has 2 fully saturated rings. The SMILES string of the molecule is CN(C(=O)c1cc(C2CC2)n(C(C)(C)C)n1)C1CCC(CO)CC1. The van der Waals surface area contributed by atoms with Crippen molar-refractivity contribution in [1.29, 1.82) is 0 Å². The summed E-state index contributed by atoms with van der Waals surface area (Å²) in [4.78, 5) is 14.8. The summed E-state index contributed by atoms with van der Waals surface area (Å²) in [7, 11) is 1.90. The van der Waals surface area contributed by atoms with Crippen molar-refractivity contribution in [1.82, 2.24) is 14.7 Å². The van der Waals surface area contributed by atoms with E-state index in [-0.39, 0.29) is 24.1 Å². The van der Waals surface area contributed by atoms with Gasteiger partial charge in [-0.25, -0.2) is 0 Å². The highest BCUT2D eigenvalue weighted by molar-refractivity contribution is 5.92. The molecule has 0 spiro atoms. The molecule has 0 saturated heterocycles. The van der Waals surface area contributed by atoms with Crippen LogP contribution in [0.4, 0.5) is 0 Å². The van der Waals surface area contributed by atoms with Gasteiger partial charge < -0.3 is 10.0 Å². The molecule has 0 aliphatic heterocycles. The predicted octanol–water partition coefficient (Wildman–Crippen LogP) is 3.14. The molecule has 0 bridgehead atoms. The second-order valence-corrected chi connectivity index (χ2v) is 8.58. The Labute approximate surface area is 145 Å². The van der Waals surface area contributed by atoms with Crippen molar-refractivity contribution in [2.45, 2.75) is 76.8 Å². The molecule has 0 aromatic carbocycles. The number of amides is 1. The largest absolute Gasteiger partial charge is 0.396 e. The van der Waals surface area contributed by atoms with E-state index in [0.717, 1.165) is 25.7 Å². The highest BCUT2D eigenvalue weighted by atomic mass is 16.3. The van der Waals surface area contributed by atoms with Crippen molar-refractivity contribution >= 4 is 5.91 Å². The number of carbonyl (C=O) groups excluding carboxylic acids is 1. The molecule has 1 N–H and O–H groups in total. The molecule has 2 aliphatic carbocycles. The minimum absolute atomic E-state index is 0.0346. The van der Waals surface area contributed by atoms with Gasteiger partial charge in [-0.2, -0.15) is 5.10 Å². The van der Waals surface area contributed by atoms with Crippen LogP contribution in [0.25, 0.3) is 0 Å². The second-order valence-electron chi connectivity index (χ2n) is 8.58. The minimum Gasteiger partial charge on any atom is -0.396 e. The van der Waals surface area contributed by atoms with E-state index in [0.29, 0.717) is 17.5 Å². The number of carbonyl (C=O) groups is 1. The van der Waals surface area contributed by atoms with Gasteiger partial charge in [-0.05, 0) is 71.3 Å². The molecule has 5 nitrogen and oxygen atoms in total. The maximum absolute atomic E-state index is 12.9. The van der Waals surface area contributed by atoms with E-state index in [1.807, 2.05) is 18.0 Å². The number of hydrogen-bond donors (Lipinski definition) is 1. The van der Waals surface area contributed by atoms with Gasteiger partial charge in [0, 0.05) is 31.3 Å². The van der Waals surface area contributed by atoms with Crippen molar-refractivity contribution < 1.29 is 9.90 Å². The molecule has 0 unspecified atom stereocenters. The van der Waals surface area contributed by atoms with E-state index in [2.05, 4.69) is 30.6 Å². The lowest BCUT2D eigenvalue weighted by atomic mass is 9.86. The molecule has 2 saturated carbocycles. The first kappa shape index (κ1) is 17.5. The van der Waals surface area contributed by atoms with Crippen molar-refractivity contribution in [2.75, 3.05) is 13.7 Å². The number of nitrogens with zero attached hydrogens (tertiary/aromatic N) is 3. The molecular formula is C19H31N3O2. The molecule has 1 heterocycles. The summed E-state index contributed by atoms with van der Waals surface area (Å²) in [5.74, 6) is 1.02. The van der Waals surface area contributed by atoms with Gasteiger partial charge in [-0.15, -0.1) is 0 Å². The summed E-state index contributed by atoms with van der Waals surface area (Å²) in [5.41, 5.74) is 1.69. The zero-order valence-corrected chi connectivity index (χ0v) is 15.5. The maximum atomic E-state index is 12.9. The molecule has 3 rings (SSSR count). The third-order valence-electron chi connectivity index (χ3n) is 5.53. The van der Waals surface area contributed by atoms with Gasteiger partial charge in [0.1, 0.15) is 0 Å². The van der Waals surface area contributed by atoms with E-state index in [9.17, 15) is 9.90 Å². The normalized spacial score (nSPS) is 24.9. The lowest BCUT2D eigenvalue weighted by Crippen LogP contribution is -2.40. The number of hydrogen-bond acceptors (Lipinski definition) is 3. The van der Waals surface area contributed by atoms with Gasteiger partial charge in [-0.3, -0.25) is 9.48 Å². The Morgan fingerprint density at radius 3 is 2.38 bits per heavy atom. The Morgan fingerprint density at radius 1 is 1.25 bits per heavy atom.